The van der Waals surface area contributed by atoms with E-state index in [0.717, 1.165) is 4.57 Å². The normalized spacial score (nSPS) is 24.9. The van der Waals surface area contributed by atoms with Crippen LogP contribution in [0.4, 0.5) is 0 Å². The van der Waals surface area contributed by atoms with Gasteiger partial charge in [-0.2, -0.15) is 8.62 Å². The van der Waals surface area contributed by atoms with Crippen LogP contribution >= 0.6 is 23.5 Å². The van der Waals surface area contributed by atoms with Gasteiger partial charge in [-0.05, 0) is 6.92 Å². The monoisotopic (exact) mass is 533 g/mol. The molecule has 0 spiro atoms. The van der Waals surface area contributed by atoms with Crippen molar-refractivity contribution in [3.8, 4) is 0 Å². The Morgan fingerprint density at radius 3 is 2.48 bits per heavy atom. The summed E-state index contributed by atoms with van der Waals surface area (Å²) in [5, 5.41) is 7.45. The van der Waals surface area contributed by atoms with Crippen LogP contribution in [-0.4, -0.2) is 56.8 Å². The molecule has 33 heavy (non-hydrogen) atoms. The lowest BCUT2D eigenvalue weighted by atomic mass is 10.1. The maximum Gasteiger partial charge on any atom is 0.490 e. The zero-order valence-electron chi connectivity index (χ0n) is 16.5. The number of nitrogens with one attached hydrogen (secondary N) is 1. The number of phosphoric ester groups is 1. The highest BCUT2D eigenvalue weighted by Crippen LogP contribution is 2.66. The van der Waals surface area contributed by atoms with Gasteiger partial charge in [-0.25, -0.2) is 23.2 Å². The third-order valence-electron chi connectivity index (χ3n) is 4.26. The molecule has 18 nitrogen and oxygen atoms in total. The molecular formula is C12H18N5O13P3. The average molecular weight is 533 g/mol. The van der Waals surface area contributed by atoms with Gasteiger partial charge in [-0.15, -0.1) is 5.10 Å². The van der Waals surface area contributed by atoms with Gasteiger partial charge < -0.3 is 24.3 Å². The summed E-state index contributed by atoms with van der Waals surface area (Å²) in [6.07, 6.45) is 2.03. The van der Waals surface area contributed by atoms with Crippen LogP contribution in [0.3, 0.4) is 0 Å². The molecule has 2 aromatic heterocycles. The molecule has 3 rings (SSSR count). The number of aromatic amines is 1. The molecule has 3 heterocycles. The fourth-order valence-electron chi connectivity index (χ4n) is 2.98. The highest BCUT2D eigenvalue weighted by atomic mass is 31.3. The van der Waals surface area contributed by atoms with E-state index in [0.29, 0.717) is 0 Å². The van der Waals surface area contributed by atoms with Gasteiger partial charge in [0.15, 0.2) is 0 Å². The van der Waals surface area contributed by atoms with Crippen LogP contribution in [0.2, 0.25) is 0 Å². The van der Waals surface area contributed by atoms with Crippen LogP contribution in [0, 0.1) is 6.92 Å². The smallest absolute Gasteiger partial charge is 0.350 e. The van der Waals surface area contributed by atoms with Gasteiger partial charge >= 0.3 is 29.2 Å². The molecule has 1 aliphatic rings. The number of phosphoric acid groups is 3. The summed E-state index contributed by atoms with van der Waals surface area (Å²) in [7, 11) is -16.6. The average Bonchev–Trinajstić information content (AvgIpc) is 3.29. The summed E-state index contributed by atoms with van der Waals surface area (Å²) in [5.74, 6) is 0. The number of aryl methyl sites for hydroxylation is 1. The summed E-state index contributed by atoms with van der Waals surface area (Å²) >= 11 is 0. The van der Waals surface area contributed by atoms with Gasteiger partial charge in [0, 0.05) is 24.4 Å². The number of hydrogen-bond acceptors (Lipinski definition) is 11. The van der Waals surface area contributed by atoms with Crippen molar-refractivity contribution in [2.24, 2.45) is 0 Å². The number of aromatic nitrogens is 5. The van der Waals surface area contributed by atoms with Gasteiger partial charge in [0.05, 0.1) is 18.8 Å². The molecule has 21 heteroatoms. The van der Waals surface area contributed by atoms with Gasteiger partial charge in [0.2, 0.25) is 0 Å². The number of ether oxygens (including phenoxy) is 1. The Hall–Kier alpha value is -1.81. The molecule has 0 aliphatic carbocycles. The topological polar surface area (TPSA) is 255 Å². The minimum atomic E-state index is -5.69. The molecule has 0 aromatic carbocycles. The second kappa shape index (κ2) is 9.44. The Morgan fingerprint density at radius 1 is 1.18 bits per heavy atom. The van der Waals surface area contributed by atoms with Crippen molar-refractivity contribution in [3.63, 3.8) is 0 Å². The molecule has 0 bridgehead atoms. The third-order valence-corrected chi connectivity index (χ3v) is 8.06. The van der Waals surface area contributed by atoms with Crippen molar-refractivity contribution in [2.75, 3.05) is 6.61 Å². The minimum absolute atomic E-state index is 0.0686. The number of H-pyrrole nitrogens is 1. The third kappa shape index (κ3) is 6.85. The predicted octanol–water partition coefficient (Wildman–Crippen LogP) is -0.691. The van der Waals surface area contributed by atoms with Crippen LogP contribution in [0.15, 0.2) is 28.2 Å². The molecule has 1 saturated heterocycles. The Labute approximate surface area is 183 Å². The maximum absolute atomic E-state index is 12.2. The lowest BCUT2D eigenvalue weighted by molar-refractivity contribution is -0.0318. The van der Waals surface area contributed by atoms with Gasteiger partial charge in [-0.3, -0.25) is 18.9 Å². The molecule has 0 saturated carbocycles. The van der Waals surface area contributed by atoms with Crippen molar-refractivity contribution >= 4 is 23.5 Å². The predicted molar refractivity (Wildman–Crippen MR) is 103 cm³/mol. The van der Waals surface area contributed by atoms with Crippen molar-refractivity contribution in [3.05, 3.63) is 45.0 Å². The fourth-order valence-corrected chi connectivity index (χ4v) is 6.01. The van der Waals surface area contributed by atoms with Crippen LogP contribution in [0.1, 0.15) is 24.3 Å². The Bertz CT molecular complexity index is 1250. The van der Waals surface area contributed by atoms with E-state index in [-0.39, 0.29) is 12.0 Å². The van der Waals surface area contributed by atoms with E-state index in [9.17, 15) is 33.1 Å². The molecule has 0 radical (unpaired) electrons. The summed E-state index contributed by atoms with van der Waals surface area (Å²) in [6, 6.07) is -0.719. The van der Waals surface area contributed by atoms with E-state index in [2.05, 4.69) is 28.4 Å². The van der Waals surface area contributed by atoms with Crippen LogP contribution in [0.5, 0.6) is 0 Å². The van der Waals surface area contributed by atoms with E-state index in [1.54, 1.807) is 0 Å². The van der Waals surface area contributed by atoms with E-state index in [1.807, 2.05) is 0 Å². The first-order chi connectivity index (χ1) is 15.2. The number of nitrogens with zero attached hydrogens (tertiary/aromatic N) is 4. The second-order valence-corrected chi connectivity index (χ2v) is 11.1. The summed E-state index contributed by atoms with van der Waals surface area (Å²) < 4.78 is 54.3. The summed E-state index contributed by atoms with van der Waals surface area (Å²) in [6.45, 7) is 0.702. The lowest BCUT2D eigenvalue weighted by Gasteiger charge is -2.21. The minimum Gasteiger partial charge on any atom is -0.350 e. The molecule has 5 N–H and O–H groups in total. The SMILES string of the molecule is Cc1cn([C@H]2C[C@H](n3ccnn3)[C@@H](COP(=O)(O)OP(=O)(O)OP(=O)(O)O)O2)c(=O)[nH]c1=O. The van der Waals surface area contributed by atoms with Gasteiger partial charge in [0.1, 0.15) is 12.3 Å². The van der Waals surface area contributed by atoms with Gasteiger partial charge in [0.25, 0.3) is 5.56 Å². The van der Waals surface area contributed by atoms with Crippen LogP contribution < -0.4 is 11.2 Å². The van der Waals surface area contributed by atoms with E-state index < -0.39 is 59.7 Å². The van der Waals surface area contributed by atoms with E-state index in [1.165, 1.54) is 30.2 Å². The number of hydrogen-bond donors (Lipinski definition) is 5. The highest BCUT2D eigenvalue weighted by Gasteiger charge is 2.44. The summed E-state index contributed by atoms with van der Waals surface area (Å²) in [4.78, 5) is 62.0. The second-order valence-electron chi connectivity index (χ2n) is 6.68. The van der Waals surface area contributed by atoms with Crippen molar-refractivity contribution in [1.29, 1.82) is 0 Å². The molecule has 5 atom stereocenters. The molecule has 0 amide bonds. The molecule has 2 aromatic rings. The fraction of sp³-hybridized carbons (Fsp3) is 0.500. The Kier molecular flexibility index (Phi) is 7.39. The zero-order valence-corrected chi connectivity index (χ0v) is 19.2. The molecule has 184 valence electrons. The van der Waals surface area contributed by atoms with Crippen molar-refractivity contribution < 1.29 is 51.2 Å². The first-order valence-corrected chi connectivity index (χ1v) is 13.3. The maximum atomic E-state index is 12.2. The Morgan fingerprint density at radius 2 is 1.88 bits per heavy atom. The first kappa shape index (κ1) is 25.8. The van der Waals surface area contributed by atoms with Crippen molar-refractivity contribution in [2.45, 2.75) is 31.7 Å². The quantitative estimate of drug-likeness (QED) is 0.250. The molecule has 2 unspecified atom stereocenters. The highest BCUT2D eigenvalue weighted by molar-refractivity contribution is 7.66. The van der Waals surface area contributed by atoms with Crippen LogP contribution in [-0.2, 0) is 31.6 Å². The van der Waals surface area contributed by atoms with E-state index >= 15 is 0 Å². The molecule has 1 aliphatic heterocycles. The standard InChI is InChI=1S/C12H18N5O13P3/c1-7-5-16(12(19)14-11(7)18)10-4-8(17-3-2-13-15-17)9(28-10)6-27-32(23,24)30-33(25,26)29-31(20,21)22/h2-3,5,8-10H,4,6H2,1H3,(H,23,24)(H,25,26)(H,14,18,19)(H2,20,21,22)/t8-,9+,10+/m0/s1. The Balaban J connectivity index is 1.78. The lowest BCUT2D eigenvalue weighted by Crippen LogP contribution is -2.33. The van der Waals surface area contributed by atoms with Crippen LogP contribution in [0.25, 0.3) is 0 Å². The molecular weight excluding hydrogens is 515 g/mol. The summed E-state index contributed by atoms with van der Waals surface area (Å²) in [5.41, 5.74) is -1.15. The molecule has 1 fully saturated rings. The van der Waals surface area contributed by atoms with Crippen molar-refractivity contribution in [1.82, 2.24) is 24.5 Å². The largest absolute Gasteiger partial charge is 0.490 e. The van der Waals surface area contributed by atoms with E-state index in [4.69, 9.17) is 14.5 Å². The first-order valence-electron chi connectivity index (χ1n) is 8.77. The zero-order chi connectivity index (χ0) is 24.6. The number of rotatable bonds is 9. The van der Waals surface area contributed by atoms with Gasteiger partial charge in [-0.1, -0.05) is 5.21 Å².